The van der Waals surface area contributed by atoms with Crippen molar-refractivity contribution in [2.45, 2.75) is 0 Å². The van der Waals surface area contributed by atoms with E-state index in [4.69, 9.17) is 25.4 Å². The Bertz CT molecular complexity index is 1480. The third-order valence-corrected chi connectivity index (χ3v) is 5.73. The Morgan fingerprint density at radius 2 is 1.46 bits per heavy atom. The summed E-state index contributed by atoms with van der Waals surface area (Å²) in [5.41, 5.74) is 7.19. The number of anilines is 2. The van der Waals surface area contributed by atoms with Crippen LogP contribution in [0.2, 0.25) is 0 Å². The molecule has 2 amide bonds. The molecule has 4 aromatic rings. The smallest absolute Gasteiger partial charge is 0.265 e. The third kappa shape index (κ3) is 5.15. The Morgan fingerprint density at radius 3 is 2.08 bits per heavy atom. The number of guanidine groups is 1. The largest absolute Gasteiger partial charge is 0.493 e. The first kappa shape index (κ1) is 25.1. The molecule has 188 valence electrons. The number of methoxy groups -OCH3 is 3. The minimum atomic E-state index is -0.593. The van der Waals surface area contributed by atoms with Gasteiger partial charge in [-0.15, -0.1) is 0 Å². The molecule has 0 saturated heterocycles. The van der Waals surface area contributed by atoms with Gasteiger partial charge in [0, 0.05) is 16.8 Å². The van der Waals surface area contributed by atoms with Gasteiger partial charge in [-0.1, -0.05) is 36.4 Å². The van der Waals surface area contributed by atoms with Crippen LogP contribution in [0, 0.1) is 5.41 Å². The Hall–Kier alpha value is -5.05. The predicted molar refractivity (Wildman–Crippen MR) is 143 cm³/mol. The molecule has 9 nitrogen and oxygen atoms in total. The average Bonchev–Trinajstić information content (AvgIpc) is 2.91. The standard InChI is InChI=1S/C28H26N4O5/c1-35-23-14-20(15-24(36-2)25(23)37-3)27(34)32(28(29)30)22-10-6-9-21(16-22)31-26(33)19-12-11-17-7-4-5-8-18(17)13-19/h4-16H,1-3H3,(H3,29,30)(H,31,33). The van der Waals surface area contributed by atoms with Crippen LogP contribution in [0.25, 0.3) is 10.8 Å². The number of nitrogens with one attached hydrogen (secondary N) is 2. The molecule has 0 atom stereocenters. The number of hydrogen-bond donors (Lipinski definition) is 3. The summed E-state index contributed by atoms with van der Waals surface area (Å²) in [6.45, 7) is 0. The van der Waals surface area contributed by atoms with E-state index in [-0.39, 0.29) is 23.0 Å². The van der Waals surface area contributed by atoms with Crippen molar-refractivity contribution < 1.29 is 23.8 Å². The first-order chi connectivity index (χ1) is 17.9. The van der Waals surface area contributed by atoms with Crippen LogP contribution < -0.4 is 30.2 Å². The van der Waals surface area contributed by atoms with Gasteiger partial charge in [0.2, 0.25) is 5.75 Å². The van der Waals surface area contributed by atoms with Crippen LogP contribution in [0.5, 0.6) is 17.2 Å². The van der Waals surface area contributed by atoms with Gasteiger partial charge in [0.15, 0.2) is 17.5 Å². The van der Waals surface area contributed by atoms with Crippen molar-refractivity contribution in [3.8, 4) is 17.2 Å². The second-order valence-corrected chi connectivity index (χ2v) is 8.01. The fraction of sp³-hybridized carbons (Fsp3) is 0.107. The maximum absolute atomic E-state index is 13.5. The van der Waals surface area contributed by atoms with E-state index in [1.54, 1.807) is 30.3 Å². The van der Waals surface area contributed by atoms with E-state index in [1.165, 1.54) is 33.5 Å². The number of carbonyl (C=O) groups is 2. The van der Waals surface area contributed by atoms with Crippen molar-refractivity contribution >= 4 is 39.9 Å². The molecular formula is C28H26N4O5. The highest BCUT2D eigenvalue weighted by atomic mass is 16.5. The number of carbonyl (C=O) groups excluding carboxylic acids is 2. The lowest BCUT2D eigenvalue weighted by atomic mass is 10.1. The molecule has 0 saturated carbocycles. The summed E-state index contributed by atoms with van der Waals surface area (Å²) >= 11 is 0. The summed E-state index contributed by atoms with van der Waals surface area (Å²) in [5, 5.41) is 12.9. The van der Waals surface area contributed by atoms with Gasteiger partial charge in [0.1, 0.15) is 0 Å². The highest BCUT2D eigenvalue weighted by molar-refractivity contribution is 6.21. The molecule has 0 heterocycles. The maximum Gasteiger partial charge on any atom is 0.265 e. The van der Waals surface area contributed by atoms with E-state index in [0.29, 0.717) is 22.7 Å². The fourth-order valence-corrected chi connectivity index (χ4v) is 3.96. The zero-order chi connectivity index (χ0) is 26.5. The molecule has 9 heteroatoms. The normalized spacial score (nSPS) is 10.5. The van der Waals surface area contributed by atoms with Crippen molar-refractivity contribution in [1.29, 1.82) is 5.41 Å². The van der Waals surface area contributed by atoms with Crippen molar-refractivity contribution in [2.75, 3.05) is 31.5 Å². The van der Waals surface area contributed by atoms with E-state index in [9.17, 15) is 9.59 Å². The van der Waals surface area contributed by atoms with Crippen molar-refractivity contribution in [2.24, 2.45) is 5.73 Å². The highest BCUT2D eigenvalue weighted by Gasteiger charge is 2.24. The number of hydrogen-bond acceptors (Lipinski definition) is 6. The summed E-state index contributed by atoms with van der Waals surface area (Å²) in [4.78, 5) is 27.4. The average molecular weight is 499 g/mol. The van der Waals surface area contributed by atoms with Gasteiger partial charge in [0.25, 0.3) is 11.8 Å². The van der Waals surface area contributed by atoms with Crippen LogP contribution >= 0.6 is 0 Å². The Balaban J connectivity index is 1.63. The molecule has 0 aromatic heterocycles. The molecule has 4 rings (SSSR count). The van der Waals surface area contributed by atoms with Gasteiger partial charge in [-0.05, 0) is 53.2 Å². The molecule has 4 N–H and O–H groups in total. The van der Waals surface area contributed by atoms with Crippen LogP contribution in [0.4, 0.5) is 11.4 Å². The third-order valence-electron chi connectivity index (χ3n) is 5.73. The van der Waals surface area contributed by atoms with Crippen molar-refractivity contribution in [3.05, 3.63) is 90.0 Å². The zero-order valence-electron chi connectivity index (χ0n) is 20.6. The lowest BCUT2D eigenvalue weighted by molar-refractivity contribution is 0.0999. The van der Waals surface area contributed by atoms with Gasteiger partial charge in [0.05, 0.1) is 27.0 Å². The van der Waals surface area contributed by atoms with Crippen LogP contribution in [0.15, 0.2) is 78.9 Å². The van der Waals surface area contributed by atoms with E-state index in [0.717, 1.165) is 15.7 Å². The van der Waals surface area contributed by atoms with E-state index >= 15 is 0 Å². The second kappa shape index (κ2) is 10.7. The van der Waals surface area contributed by atoms with Crippen LogP contribution in [0.3, 0.4) is 0 Å². The molecule has 0 fully saturated rings. The van der Waals surface area contributed by atoms with Gasteiger partial charge < -0.3 is 25.3 Å². The quantitative estimate of drug-likeness (QED) is 0.251. The molecule has 0 unspecified atom stereocenters. The zero-order valence-corrected chi connectivity index (χ0v) is 20.6. The first-order valence-corrected chi connectivity index (χ1v) is 11.2. The second-order valence-electron chi connectivity index (χ2n) is 8.01. The number of ether oxygens (including phenoxy) is 3. The predicted octanol–water partition coefficient (Wildman–Crippen LogP) is 4.66. The van der Waals surface area contributed by atoms with E-state index in [1.807, 2.05) is 36.4 Å². The van der Waals surface area contributed by atoms with Gasteiger partial charge in [-0.25, -0.2) is 4.90 Å². The van der Waals surface area contributed by atoms with Gasteiger partial charge in [-0.3, -0.25) is 15.0 Å². The molecular weight excluding hydrogens is 472 g/mol. The topological polar surface area (TPSA) is 127 Å². The van der Waals surface area contributed by atoms with Crippen molar-refractivity contribution in [1.82, 2.24) is 0 Å². The van der Waals surface area contributed by atoms with Crippen LogP contribution in [0.1, 0.15) is 20.7 Å². The summed E-state index contributed by atoms with van der Waals surface area (Å²) < 4.78 is 16.0. The Labute approximate surface area is 213 Å². The number of nitrogens with zero attached hydrogens (tertiary/aromatic N) is 1. The number of rotatable bonds is 7. The minimum Gasteiger partial charge on any atom is -0.493 e. The Morgan fingerprint density at radius 1 is 0.784 bits per heavy atom. The summed E-state index contributed by atoms with van der Waals surface area (Å²) in [6.07, 6.45) is 0. The van der Waals surface area contributed by atoms with Gasteiger partial charge in [-0.2, -0.15) is 0 Å². The monoisotopic (exact) mass is 498 g/mol. The molecule has 0 aliphatic rings. The van der Waals surface area contributed by atoms with E-state index in [2.05, 4.69) is 5.32 Å². The number of amides is 2. The van der Waals surface area contributed by atoms with Crippen LogP contribution in [-0.4, -0.2) is 39.1 Å². The molecule has 0 bridgehead atoms. The number of fused-ring (bicyclic) bond motifs is 1. The summed E-state index contributed by atoms with van der Waals surface area (Å²) in [6, 6.07) is 22.7. The van der Waals surface area contributed by atoms with Crippen molar-refractivity contribution in [3.63, 3.8) is 0 Å². The molecule has 0 aliphatic carbocycles. The maximum atomic E-state index is 13.5. The lowest BCUT2D eigenvalue weighted by Crippen LogP contribution is -2.41. The molecule has 0 spiro atoms. The molecule has 0 aliphatic heterocycles. The summed E-state index contributed by atoms with van der Waals surface area (Å²) in [5.74, 6) is -0.515. The first-order valence-electron chi connectivity index (χ1n) is 11.2. The molecule has 37 heavy (non-hydrogen) atoms. The SMILES string of the molecule is COc1cc(C(=O)N(C(=N)N)c2cccc(NC(=O)c3ccc4ccccc4c3)c2)cc(OC)c1OC. The number of nitrogens with two attached hydrogens (primary N) is 1. The highest BCUT2D eigenvalue weighted by Crippen LogP contribution is 2.38. The molecule has 0 radical (unpaired) electrons. The lowest BCUT2D eigenvalue weighted by Gasteiger charge is -2.22. The van der Waals surface area contributed by atoms with E-state index < -0.39 is 11.9 Å². The summed E-state index contributed by atoms with van der Waals surface area (Å²) in [7, 11) is 4.34. The Kier molecular flexibility index (Phi) is 7.24. The van der Waals surface area contributed by atoms with Gasteiger partial charge >= 0.3 is 0 Å². The minimum absolute atomic E-state index is 0.162. The number of benzene rings is 4. The fourth-order valence-electron chi connectivity index (χ4n) is 3.96. The van der Waals surface area contributed by atoms with Crippen LogP contribution in [-0.2, 0) is 0 Å². The molecule has 4 aromatic carbocycles.